The quantitative estimate of drug-likeness (QED) is 0.0565. The summed E-state index contributed by atoms with van der Waals surface area (Å²) in [7, 11) is 1.00. The van der Waals surface area contributed by atoms with Crippen LogP contribution in [0.3, 0.4) is 0 Å². The normalized spacial score (nSPS) is 48.3. The van der Waals surface area contributed by atoms with Crippen LogP contribution in [0, 0.1) is 121 Å². The average molecular weight is 1420 g/mol. The van der Waals surface area contributed by atoms with Crippen molar-refractivity contribution in [3.8, 4) is 0 Å². The molecule has 0 aliphatic heterocycles. The van der Waals surface area contributed by atoms with Gasteiger partial charge in [-0.15, -0.1) is 0 Å². The smallest absolute Gasteiger partial charge is 0.0836 e. The maximum absolute atomic E-state index is 11.9. The lowest BCUT2D eigenvalue weighted by Crippen LogP contribution is -2.59. The van der Waals surface area contributed by atoms with E-state index in [4.69, 9.17) is 0 Å². The molecule has 9 fully saturated rings. The first-order valence-corrected chi connectivity index (χ1v) is 43.6. The van der Waals surface area contributed by atoms with Crippen LogP contribution in [0.2, 0.25) is 0 Å². The highest BCUT2D eigenvalue weighted by atomic mass is 32.4. The molecular weight excluding hydrogens is 1260 g/mol. The maximum Gasteiger partial charge on any atom is 0.0836 e. The fraction of sp³-hybridized carbons (Fsp3) is 0.932. The third kappa shape index (κ3) is 15.9. The molecule has 0 spiro atoms. The molecule has 9 saturated carbocycles. The molecule has 570 valence electrons. The largest absolute Gasteiger partial charge is 0.390 e. The molecule has 0 radical (unpaired) electrons. The third-order valence-electron chi connectivity index (χ3n) is 33.7. The van der Waals surface area contributed by atoms with E-state index < -0.39 is 50.4 Å². The summed E-state index contributed by atoms with van der Waals surface area (Å²) in [5, 5.41) is 99.6. The van der Waals surface area contributed by atoms with Gasteiger partial charge < -0.3 is 46.0 Å². The Morgan fingerprint density at radius 3 is 0.808 bits per heavy atom. The lowest BCUT2D eigenvalue weighted by molar-refractivity contribution is -0.140. The van der Waals surface area contributed by atoms with Crippen molar-refractivity contribution < 1.29 is 46.0 Å². The SMILES string of the molecule is CC[C@]1(O)CC[C@@]2(C)C(=CC(C)(O)[C@H]3[C@@H]4CC[C@H]([C@H](C)CCC(C)(C)O)[C@@]4(C)CC[C@@H]32)C1.CC[C@]1(O)CC[C@@]2(C)C(=C[C@@](C)(O)[C@H]3[C@@H]4CC[C@H]([C@H](C)CCC(C)(C)O)[C@@]4(C)CC[C@@H]32)C1.CC[C@]1(O)CC[C@@]2(C)C(=C[C@](C)(O)[C@H]3[C@@H]4CC[C@H]([C@H](C)CCC(C)(C)O)[C@@]4(C)CC[C@@H]32)C1.CP=S. The maximum atomic E-state index is 11.9. The molecule has 0 aromatic rings. The second-order valence-electron chi connectivity index (χ2n) is 41.8. The third-order valence-corrected chi connectivity index (χ3v) is 33.7. The van der Waals surface area contributed by atoms with Crippen LogP contribution < -0.4 is 0 Å². The first-order valence-electron chi connectivity index (χ1n) is 41.3. The van der Waals surface area contributed by atoms with Crippen molar-refractivity contribution >= 4 is 19.2 Å². The predicted octanol–water partition coefficient (Wildman–Crippen LogP) is 19.8. The van der Waals surface area contributed by atoms with Gasteiger partial charge in [0.2, 0.25) is 0 Å². The van der Waals surface area contributed by atoms with E-state index in [1.54, 1.807) is 0 Å². The average Bonchev–Trinajstić information content (AvgIpc) is 1.70. The number of hydrogen-bond donors (Lipinski definition) is 9. The van der Waals surface area contributed by atoms with Crippen LogP contribution in [-0.2, 0) is 11.8 Å². The van der Waals surface area contributed by atoms with E-state index in [1.165, 1.54) is 93.8 Å². The minimum Gasteiger partial charge on any atom is -0.390 e. The summed E-state index contributed by atoms with van der Waals surface area (Å²) in [4.78, 5) is 0. The molecule has 9 N–H and O–H groups in total. The van der Waals surface area contributed by atoms with E-state index in [-0.39, 0.29) is 32.5 Å². The van der Waals surface area contributed by atoms with Crippen molar-refractivity contribution in [3.05, 3.63) is 34.9 Å². The van der Waals surface area contributed by atoms with Gasteiger partial charge in [-0.2, -0.15) is 0 Å². The summed E-state index contributed by atoms with van der Waals surface area (Å²) in [6.45, 7) is 48.1. The highest BCUT2D eigenvalue weighted by Crippen LogP contribution is 2.74. The van der Waals surface area contributed by atoms with Crippen LogP contribution in [-0.4, -0.2) is 103 Å². The summed E-state index contributed by atoms with van der Waals surface area (Å²) in [6, 6.07) is 0. The Bertz CT molecular complexity index is 2610. The van der Waals surface area contributed by atoms with Crippen LogP contribution in [0.1, 0.15) is 338 Å². The Kier molecular flexibility index (Phi) is 23.9. The minimum atomic E-state index is -0.789. The highest BCUT2D eigenvalue weighted by Gasteiger charge is 2.68. The molecular formula is C88H153O9PS. The molecule has 99 heavy (non-hydrogen) atoms. The fourth-order valence-electron chi connectivity index (χ4n) is 27.3. The molecule has 27 atom stereocenters. The molecule has 0 bridgehead atoms. The van der Waals surface area contributed by atoms with Crippen LogP contribution >= 0.6 is 7.36 Å². The molecule has 11 heteroatoms. The summed E-state index contributed by atoms with van der Waals surface area (Å²) in [5.74, 6) is 8.05. The van der Waals surface area contributed by atoms with Crippen molar-refractivity contribution in [1.82, 2.24) is 0 Å². The highest BCUT2D eigenvalue weighted by molar-refractivity contribution is 7.96. The van der Waals surface area contributed by atoms with Gasteiger partial charge in [0.15, 0.2) is 0 Å². The fourth-order valence-corrected chi connectivity index (χ4v) is 27.3. The lowest BCUT2D eigenvalue weighted by Gasteiger charge is -2.62. The van der Waals surface area contributed by atoms with Gasteiger partial charge in [0.1, 0.15) is 0 Å². The van der Waals surface area contributed by atoms with Crippen LogP contribution in [0.5, 0.6) is 0 Å². The van der Waals surface area contributed by atoms with Crippen molar-refractivity contribution in [2.75, 3.05) is 6.66 Å². The Hall–Kier alpha value is -0.620. The minimum absolute atomic E-state index is 0.125. The molecule has 1 unspecified atom stereocenters. The Labute approximate surface area is 612 Å². The molecule has 0 heterocycles. The van der Waals surface area contributed by atoms with Crippen molar-refractivity contribution in [2.24, 2.45) is 121 Å². The first-order chi connectivity index (χ1) is 45.4. The van der Waals surface area contributed by atoms with E-state index in [2.05, 4.69) is 134 Å². The topological polar surface area (TPSA) is 182 Å². The standard InChI is InChI=1S/3C29H50O3.CH3PS/c3*1-8-29(32)16-15-26(5)20(18-29)17-28(7,31)24-22-10-9-21(19(2)11-13-25(3,4)30)27(22,6)14-12-23(24)26;1-2-3/h3*17,19,21-24,30-32H,8-16,18H2,1-7H3;1H3/t19-,21-,22+,23+,24+,26+,27-,28?,29+;19-,21-,22+,23+,24+,26+,27-,28+,29+;19-,21-,22+,23+,24+,26+,27-,28-,29+;/m111./s1. The summed E-state index contributed by atoms with van der Waals surface area (Å²) >= 11 is 4.37. The summed E-state index contributed by atoms with van der Waals surface area (Å²) < 4.78 is 0. The van der Waals surface area contributed by atoms with Crippen LogP contribution in [0.4, 0.5) is 0 Å². The molecule has 0 aromatic heterocycles. The Balaban J connectivity index is 0.000000170. The summed E-state index contributed by atoms with van der Waals surface area (Å²) in [5.41, 5.74) is -0.693. The van der Waals surface area contributed by atoms with E-state index >= 15 is 0 Å². The molecule has 12 aliphatic carbocycles. The van der Waals surface area contributed by atoms with Gasteiger partial charge in [0.05, 0.1) is 50.4 Å². The Morgan fingerprint density at radius 2 is 0.606 bits per heavy atom. The lowest BCUT2D eigenvalue weighted by atomic mass is 9.43. The van der Waals surface area contributed by atoms with Gasteiger partial charge in [-0.25, -0.2) is 0 Å². The van der Waals surface area contributed by atoms with Crippen LogP contribution in [0.25, 0.3) is 0 Å². The van der Waals surface area contributed by atoms with Crippen molar-refractivity contribution in [2.45, 2.75) is 388 Å². The zero-order chi connectivity index (χ0) is 73.9. The zero-order valence-electron chi connectivity index (χ0n) is 67.5. The van der Waals surface area contributed by atoms with E-state index in [1.807, 2.05) is 48.2 Å². The summed E-state index contributed by atoms with van der Waals surface area (Å²) in [6.07, 6.45) is 37.6. The van der Waals surface area contributed by atoms with Crippen molar-refractivity contribution in [1.29, 1.82) is 0 Å². The van der Waals surface area contributed by atoms with Gasteiger partial charge in [0, 0.05) is 0 Å². The second kappa shape index (κ2) is 28.7. The number of hydrogen-bond acceptors (Lipinski definition) is 10. The molecule has 0 aromatic carbocycles. The molecule has 0 saturated heterocycles. The molecule has 9 nitrogen and oxygen atoms in total. The van der Waals surface area contributed by atoms with Gasteiger partial charge in [-0.1, -0.05) is 130 Å². The van der Waals surface area contributed by atoms with E-state index in [9.17, 15) is 46.0 Å². The van der Waals surface area contributed by atoms with Crippen molar-refractivity contribution in [3.63, 3.8) is 0 Å². The zero-order valence-corrected chi connectivity index (χ0v) is 69.2. The number of aliphatic hydroxyl groups is 9. The van der Waals surface area contributed by atoms with Gasteiger partial charge in [-0.3, -0.25) is 0 Å². The predicted molar refractivity (Wildman–Crippen MR) is 414 cm³/mol. The Morgan fingerprint density at radius 1 is 0.384 bits per heavy atom. The van der Waals surface area contributed by atoms with Gasteiger partial charge >= 0.3 is 0 Å². The number of fused-ring (bicyclic) bond motifs is 15. The monoisotopic (exact) mass is 1420 g/mol. The number of rotatable bonds is 15. The second-order valence-corrected chi connectivity index (χ2v) is 43.2. The van der Waals surface area contributed by atoms with Crippen LogP contribution in [0.15, 0.2) is 34.9 Å². The molecule has 12 aliphatic rings. The molecule has 12 rings (SSSR count). The van der Waals surface area contributed by atoms with E-state index in [0.717, 1.165) is 123 Å². The van der Waals surface area contributed by atoms with Gasteiger partial charge in [0.25, 0.3) is 0 Å². The van der Waals surface area contributed by atoms with Gasteiger partial charge in [-0.05, 0) is 390 Å². The van der Waals surface area contributed by atoms with E-state index in [0.29, 0.717) is 88.8 Å². The first kappa shape index (κ1) is 82.4. The molecule has 0 amide bonds.